The SMILES string of the molecule is CCCCCCCCCCCCC/C=C/C=C/C(=O)OCC(COP(=O)(O)OC1C(O)C(O)C(O)C(O)C1OC1OC(CO)C(O)C(O)C1O)OC(=O)CCCCCCCCCCCCCCC. The Hall–Kier alpha value is -1.87. The zero-order chi connectivity index (χ0) is 50.2. The van der Waals surface area contributed by atoms with Crippen molar-refractivity contribution in [2.75, 3.05) is 19.8 Å². The zero-order valence-corrected chi connectivity index (χ0v) is 41.8. The minimum absolute atomic E-state index is 0.0165. The fraction of sp³-hybridized carbons (Fsp3) is 0.878. The van der Waals surface area contributed by atoms with Crippen LogP contribution in [0.1, 0.15) is 181 Å². The molecule has 0 bridgehead atoms. The number of carbonyl (C=O) groups excluding carboxylic acids is 2. The molecule has 2 fully saturated rings. The summed E-state index contributed by atoms with van der Waals surface area (Å²) in [5.74, 6) is -1.46. The van der Waals surface area contributed by atoms with Gasteiger partial charge in [-0.2, -0.15) is 0 Å². The molecule has 1 saturated heterocycles. The molecule has 0 radical (unpaired) electrons. The molecular formula is C49H89O18P. The number of allylic oxidation sites excluding steroid dienone is 3. The summed E-state index contributed by atoms with van der Waals surface area (Å²) in [5.41, 5.74) is 0. The Morgan fingerprint density at radius 1 is 0.588 bits per heavy atom. The fourth-order valence-electron chi connectivity index (χ4n) is 8.26. The molecule has 0 spiro atoms. The number of ether oxygens (including phenoxy) is 4. The number of phosphoric ester groups is 1. The van der Waals surface area contributed by atoms with Crippen LogP contribution in [0.5, 0.6) is 0 Å². The van der Waals surface area contributed by atoms with Gasteiger partial charge in [-0.05, 0) is 19.3 Å². The Kier molecular flexibility index (Phi) is 33.8. The van der Waals surface area contributed by atoms with Crippen LogP contribution in [-0.2, 0) is 42.1 Å². The molecule has 13 unspecified atom stereocenters. The number of phosphoric acid groups is 1. The third-order valence-electron chi connectivity index (χ3n) is 12.5. The van der Waals surface area contributed by atoms with Gasteiger partial charge in [0.25, 0.3) is 0 Å². The second kappa shape index (κ2) is 37.0. The van der Waals surface area contributed by atoms with Gasteiger partial charge < -0.3 is 64.7 Å². The first-order valence-corrected chi connectivity index (χ1v) is 27.2. The van der Waals surface area contributed by atoms with Crippen molar-refractivity contribution < 1.29 is 87.9 Å². The van der Waals surface area contributed by atoms with E-state index in [4.69, 9.17) is 28.0 Å². The van der Waals surface area contributed by atoms with Gasteiger partial charge in [-0.15, -0.1) is 0 Å². The van der Waals surface area contributed by atoms with Gasteiger partial charge >= 0.3 is 19.8 Å². The molecule has 398 valence electrons. The molecule has 0 amide bonds. The third-order valence-corrected chi connectivity index (χ3v) is 13.5. The first-order chi connectivity index (χ1) is 32.7. The van der Waals surface area contributed by atoms with Gasteiger partial charge in [0.15, 0.2) is 12.4 Å². The number of aliphatic hydroxyl groups is 8. The van der Waals surface area contributed by atoms with E-state index in [0.717, 1.165) is 44.9 Å². The Balaban J connectivity index is 1.97. The number of unbranched alkanes of at least 4 members (excludes halogenated alkanes) is 23. The maximum Gasteiger partial charge on any atom is 0.472 e. The van der Waals surface area contributed by atoms with Crippen LogP contribution in [0.2, 0.25) is 0 Å². The van der Waals surface area contributed by atoms with Crippen LogP contribution in [0.4, 0.5) is 0 Å². The molecule has 0 aromatic heterocycles. The van der Waals surface area contributed by atoms with E-state index in [0.29, 0.717) is 6.42 Å². The number of hydrogen-bond acceptors (Lipinski definition) is 17. The molecule has 19 heteroatoms. The van der Waals surface area contributed by atoms with Crippen molar-refractivity contribution >= 4 is 19.8 Å². The number of hydrogen-bond donors (Lipinski definition) is 9. The van der Waals surface area contributed by atoms with E-state index in [2.05, 4.69) is 13.8 Å². The summed E-state index contributed by atoms with van der Waals surface area (Å²) in [4.78, 5) is 36.4. The lowest BCUT2D eigenvalue weighted by Crippen LogP contribution is -2.67. The number of carbonyl (C=O) groups is 2. The van der Waals surface area contributed by atoms with Crippen LogP contribution in [0.15, 0.2) is 24.3 Å². The van der Waals surface area contributed by atoms with E-state index >= 15 is 0 Å². The minimum Gasteiger partial charge on any atom is -0.458 e. The van der Waals surface area contributed by atoms with Crippen LogP contribution in [0, 0.1) is 0 Å². The van der Waals surface area contributed by atoms with E-state index in [9.17, 15) is 59.9 Å². The molecule has 68 heavy (non-hydrogen) atoms. The second-order valence-corrected chi connectivity index (χ2v) is 19.8. The van der Waals surface area contributed by atoms with Crippen LogP contribution in [0.3, 0.4) is 0 Å². The molecule has 0 aromatic carbocycles. The van der Waals surface area contributed by atoms with E-state index in [-0.39, 0.29) is 6.42 Å². The van der Waals surface area contributed by atoms with Gasteiger partial charge in [0.1, 0.15) is 67.6 Å². The van der Waals surface area contributed by atoms with Crippen molar-refractivity contribution in [3.05, 3.63) is 24.3 Å². The number of rotatable bonds is 39. The fourth-order valence-corrected chi connectivity index (χ4v) is 9.23. The van der Waals surface area contributed by atoms with Crippen molar-refractivity contribution in [3.63, 3.8) is 0 Å². The van der Waals surface area contributed by atoms with Gasteiger partial charge in [-0.25, -0.2) is 9.36 Å². The predicted octanol–water partition coefficient (Wildman–Crippen LogP) is 5.88. The van der Waals surface area contributed by atoms with Crippen LogP contribution >= 0.6 is 7.82 Å². The monoisotopic (exact) mass is 997 g/mol. The van der Waals surface area contributed by atoms with Gasteiger partial charge in [0, 0.05) is 12.5 Å². The normalized spacial score (nSPS) is 28.0. The molecule has 1 aliphatic heterocycles. The molecule has 18 nitrogen and oxygen atoms in total. The summed E-state index contributed by atoms with van der Waals surface area (Å²) in [6.45, 7) is 2.12. The highest BCUT2D eigenvalue weighted by molar-refractivity contribution is 7.47. The molecular weight excluding hydrogens is 907 g/mol. The van der Waals surface area contributed by atoms with Crippen LogP contribution in [-0.4, -0.2) is 151 Å². The molecule has 9 N–H and O–H groups in total. The smallest absolute Gasteiger partial charge is 0.458 e. The summed E-state index contributed by atoms with van der Waals surface area (Å²) in [6, 6.07) is 0. The van der Waals surface area contributed by atoms with Crippen LogP contribution in [0.25, 0.3) is 0 Å². The molecule has 0 aromatic rings. The van der Waals surface area contributed by atoms with Crippen LogP contribution < -0.4 is 0 Å². The molecule has 1 saturated carbocycles. The average Bonchev–Trinajstić information content (AvgIpc) is 3.32. The van der Waals surface area contributed by atoms with Crippen molar-refractivity contribution in [2.45, 2.75) is 254 Å². The Labute approximate surface area is 405 Å². The Morgan fingerprint density at radius 3 is 1.57 bits per heavy atom. The van der Waals surface area contributed by atoms with Gasteiger partial charge in [0.2, 0.25) is 0 Å². The standard InChI is InChI=1S/C49H89O18P/c1-3-5-7-9-11-13-15-17-18-20-21-23-25-27-29-31-38(51)62-34-36(64-39(52)32-30-28-26-24-22-19-16-14-12-10-8-6-4-2)35-63-68(60,61)67-48-45(58)43(56)42(55)44(57)47(48)66-49-46(59)41(54)40(53)37(33-50)65-49/h25,27,29,31,36-37,40-50,53-59H,3-24,26,28,30,32-35H2,1-2H3,(H,60,61)/b27-25+,31-29+. The molecule has 2 aliphatic rings. The number of esters is 2. The largest absolute Gasteiger partial charge is 0.472 e. The van der Waals surface area contributed by atoms with E-state index in [1.54, 1.807) is 6.08 Å². The van der Waals surface area contributed by atoms with Crippen molar-refractivity contribution in [2.24, 2.45) is 0 Å². The number of aliphatic hydroxyl groups excluding tert-OH is 8. The lowest BCUT2D eigenvalue weighted by Gasteiger charge is -2.47. The molecule has 13 atom stereocenters. The third kappa shape index (κ3) is 25.5. The zero-order valence-electron chi connectivity index (χ0n) is 40.9. The lowest BCUT2D eigenvalue weighted by molar-refractivity contribution is -0.338. The maximum atomic E-state index is 13.4. The summed E-state index contributed by atoms with van der Waals surface area (Å²) in [7, 11) is -5.39. The summed E-state index contributed by atoms with van der Waals surface area (Å²) in [5, 5.41) is 82.9. The summed E-state index contributed by atoms with van der Waals surface area (Å²) >= 11 is 0. The van der Waals surface area contributed by atoms with E-state index in [1.807, 2.05) is 6.08 Å². The highest BCUT2D eigenvalue weighted by Crippen LogP contribution is 2.48. The topological polar surface area (TPSA) is 289 Å². The second-order valence-electron chi connectivity index (χ2n) is 18.4. The molecule has 1 aliphatic carbocycles. The highest BCUT2D eigenvalue weighted by Gasteiger charge is 2.55. The predicted molar refractivity (Wildman–Crippen MR) is 254 cm³/mol. The molecule has 2 rings (SSSR count). The first-order valence-electron chi connectivity index (χ1n) is 25.7. The first kappa shape index (κ1) is 62.2. The summed E-state index contributed by atoms with van der Waals surface area (Å²) < 4.78 is 45.3. The van der Waals surface area contributed by atoms with Crippen molar-refractivity contribution in [1.29, 1.82) is 0 Å². The Morgan fingerprint density at radius 2 is 1.06 bits per heavy atom. The quantitative estimate of drug-likeness (QED) is 0.0114. The minimum atomic E-state index is -5.39. The Bertz CT molecular complexity index is 1420. The maximum absolute atomic E-state index is 13.4. The van der Waals surface area contributed by atoms with E-state index < -0.39 is 113 Å². The lowest BCUT2D eigenvalue weighted by atomic mass is 9.84. The van der Waals surface area contributed by atoms with Crippen molar-refractivity contribution in [3.8, 4) is 0 Å². The molecule has 1 heterocycles. The highest BCUT2D eigenvalue weighted by atomic mass is 31.2. The van der Waals surface area contributed by atoms with Crippen molar-refractivity contribution in [1.82, 2.24) is 0 Å². The van der Waals surface area contributed by atoms with E-state index in [1.165, 1.54) is 121 Å². The average molecular weight is 997 g/mol. The van der Waals surface area contributed by atoms with Gasteiger partial charge in [-0.1, -0.05) is 173 Å². The summed E-state index contributed by atoms with van der Waals surface area (Å²) in [6.07, 6.45) is 11.8. The van der Waals surface area contributed by atoms with Gasteiger partial charge in [0.05, 0.1) is 13.2 Å². The van der Waals surface area contributed by atoms with Gasteiger partial charge in [-0.3, -0.25) is 13.8 Å².